The van der Waals surface area contributed by atoms with Gasteiger partial charge in [0.15, 0.2) is 0 Å². The maximum absolute atomic E-state index is 13.6. The number of likely N-dealkylation sites (tertiary alicyclic amines) is 1. The summed E-state index contributed by atoms with van der Waals surface area (Å²) in [6.45, 7) is 6.81. The maximum atomic E-state index is 13.6. The number of carbonyl (C=O) groups is 4. The molecular weight excluding hydrogens is 552 g/mol. The fourth-order valence-corrected chi connectivity index (χ4v) is 4.57. The summed E-state index contributed by atoms with van der Waals surface area (Å²) >= 11 is 0. The molecule has 2 atom stereocenters. The average Bonchev–Trinajstić information content (AvgIpc) is 3.45. The number of amides is 4. The number of alkyl carbamates (subject to hydrolysis) is 2. The molecular formula is C32H44N4O7. The largest absolute Gasteiger partial charge is 0.445 e. The Labute approximate surface area is 253 Å². The van der Waals surface area contributed by atoms with E-state index in [0.717, 1.165) is 24.0 Å². The third kappa shape index (κ3) is 12.7. The van der Waals surface area contributed by atoms with Gasteiger partial charge >= 0.3 is 12.2 Å². The summed E-state index contributed by atoms with van der Waals surface area (Å²) in [4.78, 5) is 52.1. The van der Waals surface area contributed by atoms with E-state index in [9.17, 15) is 19.2 Å². The van der Waals surface area contributed by atoms with Crippen LogP contribution in [0.5, 0.6) is 0 Å². The summed E-state index contributed by atoms with van der Waals surface area (Å²) in [5.41, 5.74) is 1.12. The normalized spacial score (nSPS) is 15.3. The van der Waals surface area contributed by atoms with Crippen LogP contribution in [0.15, 0.2) is 60.7 Å². The molecule has 43 heavy (non-hydrogen) atoms. The van der Waals surface area contributed by atoms with Crippen molar-refractivity contribution < 1.29 is 33.4 Å². The van der Waals surface area contributed by atoms with Crippen molar-refractivity contribution in [2.45, 2.75) is 77.4 Å². The Balaban J connectivity index is 1.43. The van der Waals surface area contributed by atoms with E-state index >= 15 is 0 Å². The SMILES string of the molecule is CC(C)(C)OC(=O)N[C@@H](COCc1ccccc1)C(=O)N1CCC[C@@H]1CNC(=O)CCCNC(=O)OCc1ccccc1. The van der Waals surface area contributed by atoms with Crippen LogP contribution in [-0.4, -0.2) is 72.8 Å². The molecule has 3 rings (SSSR count). The van der Waals surface area contributed by atoms with Gasteiger partial charge in [0.25, 0.3) is 0 Å². The van der Waals surface area contributed by atoms with Crippen molar-refractivity contribution in [3.8, 4) is 0 Å². The zero-order valence-electron chi connectivity index (χ0n) is 25.3. The Kier molecular flexibility index (Phi) is 13.3. The van der Waals surface area contributed by atoms with Crippen LogP contribution in [-0.2, 0) is 37.0 Å². The standard InChI is InChI=1S/C32H44N4O7/c1-32(2,3)43-31(40)35-27(23-41-21-24-12-6-4-7-13-24)29(38)36-19-11-16-26(36)20-34-28(37)17-10-18-33-30(39)42-22-25-14-8-5-9-15-25/h4-9,12-15,26-27H,10-11,16-23H2,1-3H3,(H,33,39)(H,34,37)(H,35,40)/t26-,27+/m1/s1. The van der Waals surface area contributed by atoms with Crippen LogP contribution in [0, 0.1) is 0 Å². The molecule has 0 radical (unpaired) electrons. The molecule has 0 spiro atoms. The fourth-order valence-electron chi connectivity index (χ4n) is 4.57. The number of ether oxygens (including phenoxy) is 3. The van der Waals surface area contributed by atoms with Gasteiger partial charge in [-0.05, 0) is 51.2 Å². The number of nitrogens with zero attached hydrogens (tertiary/aromatic N) is 1. The topological polar surface area (TPSA) is 135 Å². The molecule has 11 heteroatoms. The first-order valence-electron chi connectivity index (χ1n) is 14.7. The molecule has 2 aromatic carbocycles. The molecule has 234 valence electrons. The molecule has 11 nitrogen and oxygen atoms in total. The van der Waals surface area contributed by atoms with Crippen molar-refractivity contribution in [2.24, 2.45) is 0 Å². The number of hydrogen-bond acceptors (Lipinski definition) is 7. The highest BCUT2D eigenvalue weighted by molar-refractivity contribution is 5.86. The van der Waals surface area contributed by atoms with Gasteiger partial charge in [0.1, 0.15) is 18.2 Å². The summed E-state index contributed by atoms with van der Waals surface area (Å²) in [5, 5.41) is 8.22. The number of carbonyl (C=O) groups excluding carboxylic acids is 4. The van der Waals surface area contributed by atoms with Gasteiger partial charge in [-0.25, -0.2) is 9.59 Å². The molecule has 0 aromatic heterocycles. The molecule has 1 aliphatic heterocycles. The lowest BCUT2D eigenvalue weighted by molar-refractivity contribution is -0.136. The Morgan fingerprint density at radius 1 is 0.907 bits per heavy atom. The average molecular weight is 597 g/mol. The quantitative estimate of drug-likeness (QED) is 0.282. The summed E-state index contributed by atoms with van der Waals surface area (Å²) in [6, 6.07) is 17.8. The third-order valence-corrected chi connectivity index (χ3v) is 6.64. The lowest BCUT2D eigenvalue weighted by atomic mass is 10.2. The smallest absolute Gasteiger partial charge is 0.408 e. The monoisotopic (exact) mass is 596 g/mol. The summed E-state index contributed by atoms with van der Waals surface area (Å²) in [7, 11) is 0. The van der Waals surface area contributed by atoms with E-state index in [0.29, 0.717) is 32.7 Å². The Morgan fingerprint density at radius 3 is 2.21 bits per heavy atom. The minimum absolute atomic E-state index is 0.0245. The van der Waals surface area contributed by atoms with E-state index in [1.807, 2.05) is 60.7 Å². The molecule has 0 saturated carbocycles. The van der Waals surface area contributed by atoms with E-state index in [4.69, 9.17) is 14.2 Å². The van der Waals surface area contributed by atoms with Gasteiger partial charge in [0.2, 0.25) is 11.8 Å². The summed E-state index contributed by atoms with van der Waals surface area (Å²) in [5.74, 6) is -0.456. The lowest BCUT2D eigenvalue weighted by Crippen LogP contribution is -2.54. The molecule has 1 saturated heterocycles. The molecule has 1 aliphatic rings. The van der Waals surface area contributed by atoms with Crippen LogP contribution in [0.2, 0.25) is 0 Å². The van der Waals surface area contributed by atoms with Gasteiger partial charge in [-0.15, -0.1) is 0 Å². The number of hydrogen-bond donors (Lipinski definition) is 3. The van der Waals surface area contributed by atoms with Gasteiger partial charge < -0.3 is 35.1 Å². The fraction of sp³-hybridized carbons (Fsp3) is 0.500. The van der Waals surface area contributed by atoms with Crippen LogP contribution in [0.3, 0.4) is 0 Å². The van der Waals surface area contributed by atoms with Crippen molar-refractivity contribution in [1.82, 2.24) is 20.9 Å². The van der Waals surface area contributed by atoms with E-state index in [1.54, 1.807) is 25.7 Å². The van der Waals surface area contributed by atoms with E-state index in [-0.39, 0.29) is 37.5 Å². The van der Waals surface area contributed by atoms with Crippen LogP contribution in [0.1, 0.15) is 57.6 Å². The van der Waals surface area contributed by atoms with Gasteiger partial charge in [0.05, 0.1) is 13.2 Å². The minimum Gasteiger partial charge on any atom is -0.445 e. The molecule has 3 N–H and O–H groups in total. The van der Waals surface area contributed by atoms with Gasteiger partial charge in [-0.2, -0.15) is 0 Å². The van der Waals surface area contributed by atoms with Crippen LogP contribution >= 0.6 is 0 Å². The molecule has 1 heterocycles. The molecule has 2 aromatic rings. The van der Waals surface area contributed by atoms with Gasteiger partial charge in [-0.3, -0.25) is 9.59 Å². The zero-order valence-corrected chi connectivity index (χ0v) is 25.3. The molecule has 4 amide bonds. The van der Waals surface area contributed by atoms with Gasteiger partial charge in [-0.1, -0.05) is 60.7 Å². The second kappa shape index (κ2) is 17.1. The van der Waals surface area contributed by atoms with Crippen LogP contribution in [0.25, 0.3) is 0 Å². The Hall–Kier alpha value is -4.12. The second-order valence-corrected chi connectivity index (χ2v) is 11.4. The molecule has 0 bridgehead atoms. The Bertz CT molecular complexity index is 1170. The van der Waals surface area contributed by atoms with Gasteiger partial charge in [0, 0.05) is 32.1 Å². The highest BCUT2D eigenvalue weighted by atomic mass is 16.6. The first-order valence-corrected chi connectivity index (χ1v) is 14.7. The zero-order chi connectivity index (χ0) is 31.1. The van der Waals surface area contributed by atoms with Crippen LogP contribution in [0.4, 0.5) is 9.59 Å². The van der Waals surface area contributed by atoms with Crippen molar-refractivity contribution in [3.05, 3.63) is 71.8 Å². The van der Waals surface area contributed by atoms with Crippen LogP contribution < -0.4 is 16.0 Å². The molecule has 0 unspecified atom stereocenters. The summed E-state index contributed by atoms with van der Waals surface area (Å²) < 4.78 is 16.4. The highest BCUT2D eigenvalue weighted by Crippen LogP contribution is 2.19. The summed E-state index contributed by atoms with van der Waals surface area (Å²) in [6.07, 6.45) is 0.939. The van der Waals surface area contributed by atoms with E-state index in [1.165, 1.54) is 0 Å². The van der Waals surface area contributed by atoms with E-state index < -0.39 is 23.8 Å². The molecule has 0 aliphatic carbocycles. The first-order chi connectivity index (χ1) is 20.6. The maximum Gasteiger partial charge on any atom is 0.408 e. The number of nitrogens with one attached hydrogen (secondary N) is 3. The number of rotatable bonds is 14. The van der Waals surface area contributed by atoms with Crippen molar-refractivity contribution in [3.63, 3.8) is 0 Å². The highest BCUT2D eigenvalue weighted by Gasteiger charge is 2.35. The third-order valence-electron chi connectivity index (χ3n) is 6.64. The first kappa shape index (κ1) is 33.4. The van der Waals surface area contributed by atoms with Crippen molar-refractivity contribution in [1.29, 1.82) is 0 Å². The lowest BCUT2D eigenvalue weighted by Gasteiger charge is -2.30. The van der Waals surface area contributed by atoms with Crippen molar-refractivity contribution in [2.75, 3.05) is 26.2 Å². The molecule has 1 fully saturated rings. The Morgan fingerprint density at radius 2 is 1.56 bits per heavy atom. The second-order valence-electron chi connectivity index (χ2n) is 11.4. The predicted molar refractivity (Wildman–Crippen MR) is 161 cm³/mol. The van der Waals surface area contributed by atoms with Crippen molar-refractivity contribution >= 4 is 24.0 Å². The van der Waals surface area contributed by atoms with E-state index in [2.05, 4.69) is 16.0 Å². The minimum atomic E-state index is -0.942. The number of benzene rings is 2. The predicted octanol–water partition coefficient (Wildman–Crippen LogP) is 3.91.